The maximum atomic E-state index is 6.35. The second kappa shape index (κ2) is 14.3. The van der Waals surface area contributed by atoms with Crippen molar-refractivity contribution in [3.05, 3.63) is 0 Å². The van der Waals surface area contributed by atoms with Crippen LogP contribution >= 0.6 is 0 Å². The van der Waals surface area contributed by atoms with Gasteiger partial charge in [-0.2, -0.15) is 0 Å². The van der Waals surface area contributed by atoms with Gasteiger partial charge in [0, 0.05) is 46.6 Å². The van der Waals surface area contributed by atoms with Crippen molar-refractivity contribution in [2.75, 3.05) is 47.6 Å². The van der Waals surface area contributed by atoms with Gasteiger partial charge in [0.25, 0.3) is 0 Å². The van der Waals surface area contributed by atoms with Gasteiger partial charge in [0.1, 0.15) is 0 Å². The Morgan fingerprint density at radius 2 is 1.12 bits per heavy atom. The molecule has 0 saturated heterocycles. The molecule has 25 heavy (non-hydrogen) atoms. The van der Waals surface area contributed by atoms with Crippen LogP contribution in [0.1, 0.15) is 53.4 Å². The largest absolute Gasteiger partial charge is 0.500 e. The fourth-order valence-corrected chi connectivity index (χ4v) is 9.55. The molecule has 0 saturated carbocycles. The number of rotatable bonds is 17. The summed E-state index contributed by atoms with van der Waals surface area (Å²) in [5, 5.41) is 0. The topological polar surface area (TPSA) is 49.4 Å². The summed E-state index contributed by atoms with van der Waals surface area (Å²) in [4.78, 5) is 0. The monoisotopic (exact) mass is 395 g/mol. The van der Waals surface area contributed by atoms with Crippen LogP contribution < -0.4 is 0 Å². The van der Waals surface area contributed by atoms with Crippen molar-refractivity contribution in [3.63, 3.8) is 0 Å². The summed E-state index contributed by atoms with van der Waals surface area (Å²) in [7, 11) is -0.188. The summed E-state index contributed by atoms with van der Waals surface area (Å²) >= 11 is 0. The molecule has 0 atom stereocenters. The number of unbranched alkanes of at least 4 members (excludes halogenated alkanes) is 2. The molecule has 0 aliphatic carbocycles. The fraction of sp³-hybridized carbons (Fsp3) is 1.00. The molecule has 0 amide bonds. The first kappa shape index (κ1) is 25.2. The average Bonchev–Trinajstić information content (AvgIpc) is 2.63. The van der Waals surface area contributed by atoms with Gasteiger partial charge in [-0.1, -0.05) is 26.7 Å². The first-order chi connectivity index (χ1) is 12.0. The van der Waals surface area contributed by atoms with Crippen LogP contribution in [0.25, 0.3) is 0 Å². The summed E-state index contributed by atoms with van der Waals surface area (Å²) in [6.07, 6.45) is 4.64. The van der Waals surface area contributed by atoms with Crippen molar-refractivity contribution < 1.29 is 22.1 Å². The third-order valence-electron chi connectivity index (χ3n) is 4.46. The molecule has 0 radical (unpaired) electrons. The minimum Gasteiger partial charge on any atom is -0.383 e. The minimum absolute atomic E-state index is 0.655. The van der Waals surface area contributed by atoms with Crippen molar-refractivity contribution in [1.29, 1.82) is 0 Å². The molecule has 0 heterocycles. The lowest BCUT2D eigenvalue weighted by atomic mass is 10.3. The highest BCUT2D eigenvalue weighted by molar-refractivity contribution is 6.68. The van der Waals surface area contributed by atoms with E-state index in [1.54, 1.807) is 21.3 Å². The van der Waals surface area contributed by atoms with E-state index in [-0.39, 0.29) is 0 Å². The Morgan fingerprint density at radius 3 is 1.44 bits per heavy atom. The average molecular weight is 396 g/mol. The summed E-state index contributed by atoms with van der Waals surface area (Å²) in [5.41, 5.74) is 0. The molecule has 0 aromatic heterocycles. The number of hydrogen-bond donors (Lipinski definition) is 0. The molecule has 6 nitrogen and oxygen atoms in total. The Balaban J connectivity index is 5.46. The Kier molecular flexibility index (Phi) is 14.4. The van der Waals surface area contributed by atoms with Gasteiger partial charge in [0.2, 0.25) is 0 Å². The van der Waals surface area contributed by atoms with Crippen molar-refractivity contribution in [3.8, 4) is 0 Å². The lowest BCUT2D eigenvalue weighted by Gasteiger charge is -2.41. The summed E-state index contributed by atoms with van der Waals surface area (Å²) in [5.74, 6) is 0. The highest BCUT2D eigenvalue weighted by atomic mass is 28.4. The van der Waals surface area contributed by atoms with E-state index in [0.29, 0.717) is 19.3 Å². The summed E-state index contributed by atoms with van der Waals surface area (Å²) in [6.45, 7) is 11.9. The van der Waals surface area contributed by atoms with Gasteiger partial charge in [0.15, 0.2) is 0 Å². The third-order valence-corrected chi connectivity index (χ3v) is 11.5. The number of nitrogens with zero attached hydrogens (tertiary/aromatic N) is 1. The predicted octanol–water partition coefficient (Wildman–Crippen LogP) is 3.78. The van der Waals surface area contributed by atoms with Gasteiger partial charge >= 0.3 is 17.5 Å². The Hall–Kier alpha value is 0.194. The molecule has 0 aromatic carbocycles. The van der Waals surface area contributed by atoms with Gasteiger partial charge in [0.05, 0.1) is 0 Å². The highest BCUT2D eigenvalue weighted by Crippen LogP contribution is 2.27. The molecule has 0 rings (SSSR count). The van der Waals surface area contributed by atoms with E-state index in [0.717, 1.165) is 44.8 Å². The molecule has 0 spiro atoms. The van der Waals surface area contributed by atoms with Crippen molar-refractivity contribution in [1.82, 2.24) is 4.57 Å². The molecular weight excluding hydrogens is 354 g/mol. The second-order valence-corrected chi connectivity index (χ2v) is 12.3. The van der Waals surface area contributed by atoms with Crippen molar-refractivity contribution in [2.45, 2.75) is 65.5 Å². The first-order valence-corrected chi connectivity index (χ1v) is 13.6. The maximum absolute atomic E-state index is 6.35. The van der Waals surface area contributed by atoms with Gasteiger partial charge in [-0.3, -0.25) is 4.57 Å². The van der Waals surface area contributed by atoms with Gasteiger partial charge in [-0.25, -0.2) is 0 Å². The Bertz CT molecular complexity index is 297. The van der Waals surface area contributed by atoms with Gasteiger partial charge < -0.3 is 22.1 Å². The zero-order valence-electron chi connectivity index (χ0n) is 17.6. The van der Waals surface area contributed by atoms with E-state index >= 15 is 0 Å². The summed E-state index contributed by atoms with van der Waals surface area (Å²) < 4.78 is 32.1. The molecule has 0 aromatic rings. The van der Waals surface area contributed by atoms with E-state index in [1.807, 2.05) is 13.8 Å². The smallest absolute Gasteiger partial charge is 0.383 e. The van der Waals surface area contributed by atoms with Crippen LogP contribution in [-0.4, -0.2) is 69.7 Å². The standard InChI is InChI=1S/C17H41NO5Si2/c1-8-12-14-18(15-13-9-2)24(22-10-3,23-11-4)16-17-25(19-5,20-6)21-7/h8-17H2,1-7H3. The zero-order valence-corrected chi connectivity index (χ0v) is 19.6. The second-order valence-electron chi connectivity index (χ2n) is 6.07. The van der Waals surface area contributed by atoms with Crippen LogP contribution in [0.15, 0.2) is 0 Å². The molecule has 0 unspecified atom stereocenters. The predicted molar refractivity (Wildman–Crippen MR) is 107 cm³/mol. The molecule has 0 aliphatic heterocycles. The van der Waals surface area contributed by atoms with E-state index in [2.05, 4.69) is 18.4 Å². The first-order valence-electron chi connectivity index (χ1n) is 9.71. The van der Waals surface area contributed by atoms with Crippen molar-refractivity contribution in [2.24, 2.45) is 0 Å². The van der Waals surface area contributed by atoms with Crippen LogP contribution in [0.2, 0.25) is 12.1 Å². The maximum Gasteiger partial charge on any atom is 0.500 e. The van der Waals surface area contributed by atoms with Crippen LogP contribution in [0, 0.1) is 0 Å². The summed E-state index contributed by atoms with van der Waals surface area (Å²) in [6, 6.07) is 1.50. The molecule has 0 fully saturated rings. The molecule has 0 N–H and O–H groups in total. The zero-order chi connectivity index (χ0) is 19.2. The molecule has 0 bridgehead atoms. The van der Waals surface area contributed by atoms with Crippen LogP contribution in [0.3, 0.4) is 0 Å². The minimum atomic E-state index is -2.65. The lowest BCUT2D eigenvalue weighted by molar-refractivity contribution is 0.107. The van der Waals surface area contributed by atoms with Crippen LogP contribution in [-0.2, 0) is 22.1 Å². The molecule has 152 valence electrons. The lowest BCUT2D eigenvalue weighted by Crippen LogP contribution is -2.60. The Labute approximate surface area is 157 Å². The molecule has 8 heteroatoms. The van der Waals surface area contributed by atoms with E-state index in [1.165, 1.54) is 0 Å². The third kappa shape index (κ3) is 8.17. The van der Waals surface area contributed by atoms with Crippen molar-refractivity contribution >= 4 is 17.5 Å². The van der Waals surface area contributed by atoms with Gasteiger partial charge in [-0.15, -0.1) is 0 Å². The quantitative estimate of drug-likeness (QED) is 0.349. The number of hydrogen-bond acceptors (Lipinski definition) is 6. The van der Waals surface area contributed by atoms with Crippen LogP contribution in [0.5, 0.6) is 0 Å². The fourth-order valence-electron chi connectivity index (χ4n) is 3.00. The normalized spacial score (nSPS) is 13.0. The SMILES string of the molecule is CCCCN(CCCC)[Si](CC[Si](OC)(OC)OC)(OCC)OCC. The van der Waals surface area contributed by atoms with Crippen LogP contribution in [0.4, 0.5) is 0 Å². The van der Waals surface area contributed by atoms with E-state index in [4.69, 9.17) is 22.1 Å². The Morgan fingerprint density at radius 1 is 0.680 bits per heavy atom. The molecular formula is C17H41NO5Si2. The van der Waals surface area contributed by atoms with E-state index < -0.39 is 17.5 Å². The van der Waals surface area contributed by atoms with Gasteiger partial charge in [-0.05, 0) is 39.8 Å². The molecule has 0 aliphatic rings. The highest BCUT2D eigenvalue weighted by Gasteiger charge is 2.49. The van der Waals surface area contributed by atoms with E-state index in [9.17, 15) is 0 Å².